The predicted octanol–water partition coefficient (Wildman–Crippen LogP) is 3.01. The van der Waals surface area contributed by atoms with E-state index in [0.717, 1.165) is 5.56 Å². The van der Waals surface area contributed by atoms with E-state index in [-0.39, 0.29) is 29.1 Å². The fraction of sp³-hybridized carbons (Fsp3) is 0.562. The molecule has 0 radical (unpaired) electrons. The summed E-state index contributed by atoms with van der Waals surface area (Å²) in [5.74, 6) is -0.272. The second-order valence-electron chi connectivity index (χ2n) is 6.63. The van der Waals surface area contributed by atoms with Crippen LogP contribution in [-0.2, 0) is 4.79 Å². The molecular formula is C16H25FN2O. The van der Waals surface area contributed by atoms with Crippen LogP contribution in [0.1, 0.15) is 46.2 Å². The van der Waals surface area contributed by atoms with Crippen molar-refractivity contribution in [3.63, 3.8) is 0 Å². The van der Waals surface area contributed by atoms with E-state index in [1.165, 1.54) is 12.1 Å². The van der Waals surface area contributed by atoms with Crippen LogP contribution >= 0.6 is 0 Å². The first-order valence-corrected chi connectivity index (χ1v) is 6.94. The molecule has 1 amide bonds. The third kappa shape index (κ3) is 4.30. The molecule has 0 aromatic heterocycles. The number of carbonyl (C=O) groups excluding carboxylic acids is 1. The van der Waals surface area contributed by atoms with Crippen LogP contribution in [0.15, 0.2) is 24.3 Å². The molecule has 0 bridgehead atoms. The molecule has 0 aliphatic carbocycles. The lowest BCUT2D eigenvalue weighted by Gasteiger charge is -2.30. The van der Waals surface area contributed by atoms with Gasteiger partial charge in [-0.1, -0.05) is 46.8 Å². The van der Waals surface area contributed by atoms with Gasteiger partial charge < -0.3 is 11.1 Å². The summed E-state index contributed by atoms with van der Waals surface area (Å²) in [6.45, 7) is 9.81. The number of benzene rings is 1. The van der Waals surface area contributed by atoms with Crippen molar-refractivity contribution in [3.8, 4) is 0 Å². The summed E-state index contributed by atoms with van der Waals surface area (Å²) in [4.78, 5) is 12.2. The third-order valence-electron chi connectivity index (χ3n) is 3.41. The van der Waals surface area contributed by atoms with Gasteiger partial charge in [0, 0.05) is 0 Å². The van der Waals surface area contributed by atoms with Crippen LogP contribution in [0.5, 0.6) is 0 Å². The Labute approximate surface area is 120 Å². The van der Waals surface area contributed by atoms with Gasteiger partial charge in [0.1, 0.15) is 5.82 Å². The first-order valence-electron chi connectivity index (χ1n) is 6.94. The molecule has 0 aliphatic heterocycles. The number of nitrogens with two attached hydrogens (primary N) is 1. The minimum absolute atomic E-state index is 0.170. The zero-order valence-electron chi connectivity index (χ0n) is 12.9. The van der Waals surface area contributed by atoms with Crippen LogP contribution in [0.2, 0.25) is 0 Å². The van der Waals surface area contributed by atoms with Gasteiger partial charge >= 0.3 is 0 Å². The van der Waals surface area contributed by atoms with Crippen molar-refractivity contribution in [1.82, 2.24) is 5.32 Å². The fourth-order valence-electron chi connectivity index (χ4n) is 1.94. The topological polar surface area (TPSA) is 55.1 Å². The van der Waals surface area contributed by atoms with Crippen LogP contribution in [0, 0.1) is 17.2 Å². The van der Waals surface area contributed by atoms with Crippen molar-refractivity contribution in [2.45, 2.75) is 46.7 Å². The molecule has 0 heterocycles. The van der Waals surface area contributed by atoms with Crippen molar-refractivity contribution in [2.75, 3.05) is 0 Å². The average Bonchev–Trinajstić information content (AvgIpc) is 2.34. The molecule has 112 valence electrons. The molecule has 1 aromatic carbocycles. The van der Waals surface area contributed by atoms with Gasteiger partial charge in [0.15, 0.2) is 0 Å². The molecule has 0 spiro atoms. The van der Waals surface area contributed by atoms with E-state index in [2.05, 4.69) is 5.32 Å². The Balaban J connectivity index is 2.89. The van der Waals surface area contributed by atoms with Crippen molar-refractivity contribution >= 4 is 5.91 Å². The lowest BCUT2D eigenvalue weighted by molar-refractivity contribution is -0.125. The summed E-state index contributed by atoms with van der Waals surface area (Å²) in [5, 5.41) is 2.97. The van der Waals surface area contributed by atoms with E-state index in [0.29, 0.717) is 0 Å². The molecule has 3 nitrogen and oxygen atoms in total. The highest BCUT2D eigenvalue weighted by molar-refractivity contribution is 5.82. The maximum Gasteiger partial charge on any atom is 0.237 e. The minimum Gasteiger partial charge on any atom is -0.348 e. The second kappa shape index (κ2) is 6.35. The molecule has 20 heavy (non-hydrogen) atoms. The summed E-state index contributed by atoms with van der Waals surface area (Å²) in [7, 11) is 0. The molecule has 2 atom stereocenters. The molecule has 2 unspecified atom stereocenters. The molecule has 0 saturated carbocycles. The van der Waals surface area contributed by atoms with Crippen LogP contribution in [0.3, 0.4) is 0 Å². The van der Waals surface area contributed by atoms with E-state index in [9.17, 15) is 9.18 Å². The molecule has 3 N–H and O–H groups in total. The molecule has 4 heteroatoms. The van der Waals surface area contributed by atoms with Crippen LogP contribution in [0.25, 0.3) is 0 Å². The molecule has 0 fully saturated rings. The summed E-state index contributed by atoms with van der Waals surface area (Å²) >= 11 is 0. The number of rotatable bonds is 4. The van der Waals surface area contributed by atoms with Gasteiger partial charge in [-0.15, -0.1) is 0 Å². The quantitative estimate of drug-likeness (QED) is 0.890. The first kappa shape index (κ1) is 16.6. The lowest BCUT2D eigenvalue weighted by Crippen LogP contribution is -2.50. The Hall–Kier alpha value is -1.42. The molecule has 1 aromatic rings. The monoisotopic (exact) mass is 280 g/mol. The van der Waals surface area contributed by atoms with Gasteiger partial charge in [-0.05, 0) is 29.0 Å². The molecule has 0 saturated heterocycles. The Morgan fingerprint density at radius 1 is 1.20 bits per heavy atom. The van der Waals surface area contributed by atoms with E-state index in [1.54, 1.807) is 12.1 Å². The highest BCUT2D eigenvalue weighted by atomic mass is 19.1. The van der Waals surface area contributed by atoms with Gasteiger partial charge in [0.25, 0.3) is 0 Å². The number of hydrogen-bond acceptors (Lipinski definition) is 2. The fourth-order valence-corrected chi connectivity index (χ4v) is 1.94. The van der Waals surface area contributed by atoms with Crippen molar-refractivity contribution in [2.24, 2.45) is 17.1 Å². The smallest absolute Gasteiger partial charge is 0.237 e. The number of halogens is 1. The predicted molar refractivity (Wildman–Crippen MR) is 79.6 cm³/mol. The molecule has 0 aliphatic rings. The highest BCUT2D eigenvalue weighted by Gasteiger charge is 2.29. The van der Waals surface area contributed by atoms with Crippen molar-refractivity contribution in [3.05, 3.63) is 35.6 Å². The summed E-state index contributed by atoms with van der Waals surface area (Å²) < 4.78 is 13.0. The Bertz CT molecular complexity index is 449. The van der Waals surface area contributed by atoms with E-state index < -0.39 is 6.04 Å². The highest BCUT2D eigenvalue weighted by Crippen LogP contribution is 2.24. The summed E-state index contributed by atoms with van der Waals surface area (Å²) in [6, 6.07) is 5.45. The SMILES string of the molecule is CC(C)C(NC(=O)C(N)C(C)(C)C)c1ccc(F)cc1. The maximum atomic E-state index is 13.0. The normalized spacial score (nSPS) is 15.0. The average molecular weight is 280 g/mol. The molecule has 1 rings (SSSR count). The van der Waals surface area contributed by atoms with E-state index >= 15 is 0 Å². The number of amides is 1. The van der Waals surface area contributed by atoms with Gasteiger partial charge in [-0.25, -0.2) is 4.39 Å². The minimum atomic E-state index is -0.579. The summed E-state index contributed by atoms with van der Waals surface area (Å²) in [6.07, 6.45) is 0. The van der Waals surface area contributed by atoms with E-state index in [1.807, 2.05) is 34.6 Å². The van der Waals surface area contributed by atoms with Crippen LogP contribution in [-0.4, -0.2) is 11.9 Å². The third-order valence-corrected chi connectivity index (χ3v) is 3.41. The Morgan fingerprint density at radius 3 is 2.10 bits per heavy atom. The number of hydrogen-bond donors (Lipinski definition) is 2. The largest absolute Gasteiger partial charge is 0.348 e. The molecular weight excluding hydrogens is 255 g/mol. The zero-order chi connectivity index (χ0) is 15.5. The van der Waals surface area contributed by atoms with Gasteiger partial charge in [-0.3, -0.25) is 4.79 Å². The van der Waals surface area contributed by atoms with Gasteiger partial charge in [-0.2, -0.15) is 0 Å². The number of nitrogens with one attached hydrogen (secondary N) is 1. The Kier molecular flexibility index (Phi) is 5.28. The first-order chi connectivity index (χ1) is 9.12. The van der Waals surface area contributed by atoms with E-state index in [4.69, 9.17) is 5.73 Å². The van der Waals surface area contributed by atoms with Crippen LogP contribution < -0.4 is 11.1 Å². The maximum absolute atomic E-state index is 13.0. The Morgan fingerprint density at radius 2 is 1.70 bits per heavy atom. The lowest BCUT2D eigenvalue weighted by atomic mass is 9.86. The van der Waals surface area contributed by atoms with Crippen LogP contribution in [0.4, 0.5) is 4.39 Å². The second-order valence-corrected chi connectivity index (χ2v) is 6.63. The van der Waals surface area contributed by atoms with Crippen molar-refractivity contribution in [1.29, 1.82) is 0 Å². The summed E-state index contributed by atoms with van der Waals surface area (Å²) in [5.41, 5.74) is 6.56. The number of carbonyl (C=O) groups is 1. The van der Waals surface area contributed by atoms with Crippen molar-refractivity contribution < 1.29 is 9.18 Å². The zero-order valence-corrected chi connectivity index (χ0v) is 12.9. The standard InChI is InChI=1S/C16H25FN2O/c1-10(2)13(11-6-8-12(17)9-7-11)19-15(20)14(18)16(3,4)5/h6-10,13-14H,18H2,1-5H3,(H,19,20). The van der Waals surface area contributed by atoms with Gasteiger partial charge in [0.05, 0.1) is 12.1 Å². The van der Waals surface area contributed by atoms with Gasteiger partial charge in [0.2, 0.25) is 5.91 Å².